The van der Waals surface area contributed by atoms with Crippen LogP contribution in [0.15, 0.2) is 18.2 Å². The SMILES string of the molecule is CC1CCC(C2Cc3cccc(F)c3C(=O)O2)CC1. The lowest BCUT2D eigenvalue weighted by Crippen LogP contribution is -2.36. The number of rotatable bonds is 1. The van der Waals surface area contributed by atoms with Crippen molar-refractivity contribution in [3.63, 3.8) is 0 Å². The van der Waals surface area contributed by atoms with Crippen LogP contribution in [0.4, 0.5) is 4.39 Å². The topological polar surface area (TPSA) is 26.3 Å². The van der Waals surface area contributed by atoms with E-state index in [9.17, 15) is 9.18 Å². The molecule has 0 N–H and O–H groups in total. The first-order chi connectivity index (χ1) is 9.15. The van der Waals surface area contributed by atoms with Gasteiger partial charge in [0, 0.05) is 6.42 Å². The fourth-order valence-electron chi connectivity index (χ4n) is 3.34. The Kier molecular flexibility index (Phi) is 3.29. The van der Waals surface area contributed by atoms with Gasteiger partial charge in [-0.25, -0.2) is 9.18 Å². The summed E-state index contributed by atoms with van der Waals surface area (Å²) in [7, 11) is 0. The second-order valence-electron chi connectivity index (χ2n) is 5.94. The van der Waals surface area contributed by atoms with Crippen LogP contribution in [-0.4, -0.2) is 12.1 Å². The highest BCUT2D eigenvalue weighted by molar-refractivity contribution is 5.92. The Morgan fingerprint density at radius 3 is 2.68 bits per heavy atom. The molecule has 19 heavy (non-hydrogen) atoms. The molecule has 3 rings (SSSR count). The molecule has 102 valence electrons. The fourth-order valence-corrected chi connectivity index (χ4v) is 3.34. The van der Waals surface area contributed by atoms with Crippen LogP contribution in [0.25, 0.3) is 0 Å². The van der Waals surface area contributed by atoms with E-state index in [1.54, 1.807) is 6.07 Å². The van der Waals surface area contributed by atoms with E-state index in [0.29, 0.717) is 12.3 Å². The van der Waals surface area contributed by atoms with Gasteiger partial charge in [-0.05, 0) is 36.3 Å². The molecule has 1 aliphatic carbocycles. The van der Waals surface area contributed by atoms with Gasteiger partial charge in [0.25, 0.3) is 0 Å². The number of hydrogen-bond donors (Lipinski definition) is 0. The summed E-state index contributed by atoms with van der Waals surface area (Å²) in [6.07, 6.45) is 5.24. The molecular formula is C16H19FO2. The summed E-state index contributed by atoms with van der Waals surface area (Å²) in [6.45, 7) is 2.27. The van der Waals surface area contributed by atoms with Crippen LogP contribution in [0.1, 0.15) is 48.5 Å². The minimum atomic E-state index is -0.483. The Balaban J connectivity index is 1.80. The molecule has 0 bridgehead atoms. The van der Waals surface area contributed by atoms with Gasteiger partial charge >= 0.3 is 5.97 Å². The van der Waals surface area contributed by atoms with E-state index in [1.165, 1.54) is 18.9 Å². The van der Waals surface area contributed by atoms with Gasteiger partial charge in [-0.15, -0.1) is 0 Å². The molecule has 1 fully saturated rings. The molecule has 1 heterocycles. The summed E-state index contributed by atoms with van der Waals surface area (Å²) in [5, 5.41) is 0. The maximum Gasteiger partial charge on any atom is 0.341 e. The van der Waals surface area contributed by atoms with Gasteiger partial charge in [-0.1, -0.05) is 31.9 Å². The minimum Gasteiger partial charge on any atom is -0.458 e. The first-order valence-electron chi connectivity index (χ1n) is 7.13. The van der Waals surface area contributed by atoms with Gasteiger partial charge in [0.05, 0.1) is 5.56 Å². The summed E-state index contributed by atoms with van der Waals surface area (Å²) < 4.78 is 19.1. The Morgan fingerprint density at radius 2 is 1.95 bits per heavy atom. The third kappa shape index (κ3) is 2.38. The highest BCUT2D eigenvalue weighted by Gasteiger charge is 2.35. The predicted octanol–water partition coefficient (Wildman–Crippen LogP) is 3.73. The van der Waals surface area contributed by atoms with Crippen LogP contribution >= 0.6 is 0 Å². The largest absolute Gasteiger partial charge is 0.458 e. The van der Waals surface area contributed by atoms with Crippen LogP contribution < -0.4 is 0 Å². The quantitative estimate of drug-likeness (QED) is 0.721. The van der Waals surface area contributed by atoms with Gasteiger partial charge in [-0.3, -0.25) is 0 Å². The molecule has 1 aromatic rings. The number of carbonyl (C=O) groups excluding carboxylic acids is 1. The number of halogens is 1. The van der Waals surface area contributed by atoms with Crippen LogP contribution in [-0.2, 0) is 11.2 Å². The van der Waals surface area contributed by atoms with Crippen molar-refractivity contribution in [1.29, 1.82) is 0 Å². The third-order valence-corrected chi connectivity index (χ3v) is 4.57. The number of hydrogen-bond acceptors (Lipinski definition) is 2. The normalized spacial score (nSPS) is 30.6. The highest BCUT2D eigenvalue weighted by atomic mass is 19.1. The van der Waals surface area contributed by atoms with Crippen molar-refractivity contribution in [2.45, 2.75) is 45.1 Å². The molecule has 2 aliphatic rings. The van der Waals surface area contributed by atoms with Gasteiger partial charge < -0.3 is 4.74 Å². The van der Waals surface area contributed by atoms with Crippen molar-refractivity contribution in [2.24, 2.45) is 11.8 Å². The molecule has 1 aromatic carbocycles. The molecule has 0 aromatic heterocycles. The molecule has 2 nitrogen and oxygen atoms in total. The Bertz CT molecular complexity index is 490. The summed E-state index contributed by atoms with van der Waals surface area (Å²) in [4.78, 5) is 12.0. The zero-order valence-electron chi connectivity index (χ0n) is 11.2. The average Bonchev–Trinajstić information content (AvgIpc) is 2.39. The van der Waals surface area contributed by atoms with E-state index < -0.39 is 11.8 Å². The highest BCUT2D eigenvalue weighted by Crippen LogP contribution is 2.35. The Labute approximate surface area is 113 Å². The molecule has 1 saturated carbocycles. The lowest BCUT2D eigenvalue weighted by atomic mass is 9.78. The maximum atomic E-state index is 13.6. The van der Waals surface area contributed by atoms with Crippen molar-refractivity contribution in [1.82, 2.24) is 0 Å². The fraction of sp³-hybridized carbons (Fsp3) is 0.562. The van der Waals surface area contributed by atoms with Gasteiger partial charge in [-0.2, -0.15) is 0 Å². The first-order valence-corrected chi connectivity index (χ1v) is 7.13. The summed E-state index contributed by atoms with van der Waals surface area (Å²) in [6, 6.07) is 4.84. The van der Waals surface area contributed by atoms with Crippen molar-refractivity contribution in [3.05, 3.63) is 35.1 Å². The molecule has 1 aliphatic heterocycles. The number of fused-ring (bicyclic) bond motifs is 1. The number of ether oxygens (including phenoxy) is 1. The molecule has 0 saturated heterocycles. The smallest absolute Gasteiger partial charge is 0.341 e. The number of carbonyl (C=O) groups is 1. The number of benzene rings is 1. The lowest BCUT2D eigenvalue weighted by molar-refractivity contribution is -0.000141. The zero-order chi connectivity index (χ0) is 13.4. The minimum absolute atomic E-state index is 0.0608. The number of esters is 1. The second kappa shape index (κ2) is 4.95. The van der Waals surface area contributed by atoms with E-state index in [2.05, 4.69) is 6.92 Å². The average molecular weight is 262 g/mol. The molecule has 0 radical (unpaired) electrons. The standard InChI is InChI=1S/C16H19FO2/c1-10-5-7-11(8-6-10)14-9-12-3-2-4-13(17)15(12)16(18)19-14/h2-4,10-11,14H,5-9H2,1H3. The van der Waals surface area contributed by atoms with Crippen LogP contribution in [0, 0.1) is 17.7 Å². The number of cyclic esters (lactones) is 1. The Hall–Kier alpha value is -1.38. The Morgan fingerprint density at radius 1 is 1.21 bits per heavy atom. The molecule has 0 amide bonds. The van der Waals surface area contributed by atoms with Crippen LogP contribution in [0.3, 0.4) is 0 Å². The molecule has 0 spiro atoms. The van der Waals surface area contributed by atoms with Crippen molar-refractivity contribution in [2.75, 3.05) is 0 Å². The molecular weight excluding hydrogens is 243 g/mol. The predicted molar refractivity (Wildman–Crippen MR) is 70.4 cm³/mol. The van der Waals surface area contributed by atoms with Gasteiger partial charge in [0.1, 0.15) is 11.9 Å². The summed E-state index contributed by atoms with van der Waals surface area (Å²) in [5.74, 6) is 0.276. The van der Waals surface area contributed by atoms with Gasteiger partial charge in [0.2, 0.25) is 0 Å². The van der Waals surface area contributed by atoms with Crippen LogP contribution in [0.2, 0.25) is 0 Å². The van der Waals surface area contributed by atoms with Crippen molar-refractivity contribution < 1.29 is 13.9 Å². The molecule has 1 atom stereocenters. The van der Waals surface area contributed by atoms with Gasteiger partial charge in [0.15, 0.2) is 0 Å². The van der Waals surface area contributed by atoms with E-state index in [1.807, 2.05) is 6.07 Å². The van der Waals surface area contributed by atoms with Crippen molar-refractivity contribution >= 4 is 5.97 Å². The van der Waals surface area contributed by atoms with E-state index in [4.69, 9.17) is 4.74 Å². The van der Waals surface area contributed by atoms with E-state index >= 15 is 0 Å². The van der Waals surface area contributed by atoms with E-state index in [0.717, 1.165) is 24.3 Å². The monoisotopic (exact) mass is 262 g/mol. The second-order valence-corrected chi connectivity index (χ2v) is 5.94. The molecule has 3 heteroatoms. The lowest BCUT2D eigenvalue weighted by Gasteiger charge is -2.35. The molecule has 1 unspecified atom stereocenters. The third-order valence-electron chi connectivity index (χ3n) is 4.57. The van der Waals surface area contributed by atoms with Crippen LogP contribution in [0.5, 0.6) is 0 Å². The van der Waals surface area contributed by atoms with Crippen molar-refractivity contribution in [3.8, 4) is 0 Å². The summed E-state index contributed by atoms with van der Waals surface area (Å²) in [5.41, 5.74) is 0.947. The maximum absolute atomic E-state index is 13.6. The summed E-state index contributed by atoms with van der Waals surface area (Å²) >= 11 is 0. The zero-order valence-corrected chi connectivity index (χ0v) is 11.2. The van der Waals surface area contributed by atoms with E-state index in [-0.39, 0.29) is 11.7 Å². The first kappa shape index (κ1) is 12.6.